The normalized spacial score (nSPS) is 10.8. The lowest BCUT2D eigenvalue weighted by molar-refractivity contribution is 0.479. The molecule has 0 unspecified atom stereocenters. The first-order chi connectivity index (χ1) is 7.15. The van der Waals surface area contributed by atoms with Crippen molar-refractivity contribution in [3.8, 4) is 5.75 Å². The number of nitrogens with zero attached hydrogens (tertiary/aromatic N) is 1. The average Bonchev–Trinajstić information content (AvgIpc) is 2.20. The highest BCUT2D eigenvalue weighted by Crippen LogP contribution is 2.24. The summed E-state index contributed by atoms with van der Waals surface area (Å²) in [5.74, 6) is 0.0587. The van der Waals surface area contributed by atoms with Gasteiger partial charge in [-0.3, -0.25) is 4.79 Å². The fourth-order valence-electron chi connectivity index (χ4n) is 1.92. The van der Waals surface area contributed by atoms with E-state index in [1.54, 1.807) is 4.57 Å². The van der Waals surface area contributed by atoms with Crippen molar-refractivity contribution in [3.63, 3.8) is 0 Å². The molecule has 0 amide bonds. The number of aryl methyl sites for hydroxylation is 2. The van der Waals surface area contributed by atoms with E-state index in [1.165, 1.54) is 6.07 Å². The van der Waals surface area contributed by atoms with Crippen molar-refractivity contribution >= 4 is 10.9 Å². The molecule has 2 aromatic rings. The Morgan fingerprint density at radius 3 is 2.80 bits per heavy atom. The number of para-hydroxylation sites is 1. The first-order valence-electron chi connectivity index (χ1n) is 4.97. The fourth-order valence-corrected chi connectivity index (χ4v) is 1.92. The largest absolute Gasteiger partial charge is 0.507 e. The molecule has 2 rings (SSSR count). The van der Waals surface area contributed by atoms with Crippen LogP contribution in [-0.2, 0) is 6.54 Å². The molecule has 0 atom stereocenters. The van der Waals surface area contributed by atoms with Gasteiger partial charge in [0.2, 0.25) is 0 Å². The van der Waals surface area contributed by atoms with Crippen LogP contribution in [0, 0.1) is 6.92 Å². The minimum atomic E-state index is -0.156. The summed E-state index contributed by atoms with van der Waals surface area (Å²) >= 11 is 0. The summed E-state index contributed by atoms with van der Waals surface area (Å²) in [6.07, 6.45) is 0. The predicted molar refractivity (Wildman–Crippen MR) is 60.3 cm³/mol. The Bertz CT molecular complexity index is 570. The molecule has 1 N–H and O–H groups in total. The topological polar surface area (TPSA) is 42.2 Å². The third kappa shape index (κ3) is 1.40. The number of aromatic hydroxyl groups is 1. The Labute approximate surface area is 87.6 Å². The molecular weight excluding hydrogens is 190 g/mol. The molecule has 1 aromatic carbocycles. The lowest BCUT2D eigenvalue weighted by Gasteiger charge is -2.11. The Morgan fingerprint density at radius 2 is 2.13 bits per heavy atom. The smallest absolute Gasteiger partial charge is 0.254 e. The summed E-state index contributed by atoms with van der Waals surface area (Å²) in [4.78, 5) is 11.6. The quantitative estimate of drug-likeness (QED) is 0.770. The van der Waals surface area contributed by atoms with Crippen LogP contribution in [0.25, 0.3) is 10.9 Å². The van der Waals surface area contributed by atoms with Crippen molar-refractivity contribution < 1.29 is 5.11 Å². The van der Waals surface area contributed by atoms with E-state index in [4.69, 9.17) is 0 Å². The van der Waals surface area contributed by atoms with Crippen LogP contribution in [0.1, 0.15) is 12.5 Å². The number of hydrogen-bond acceptors (Lipinski definition) is 2. The zero-order chi connectivity index (χ0) is 11.0. The zero-order valence-corrected chi connectivity index (χ0v) is 8.82. The van der Waals surface area contributed by atoms with Gasteiger partial charge in [-0.15, -0.1) is 0 Å². The molecular formula is C12H13NO2. The molecule has 0 fully saturated rings. The highest BCUT2D eigenvalue weighted by Gasteiger charge is 2.08. The van der Waals surface area contributed by atoms with Gasteiger partial charge in [-0.1, -0.05) is 12.1 Å². The van der Waals surface area contributed by atoms with Gasteiger partial charge in [-0.05, 0) is 25.5 Å². The van der Waals surface area contributed by atoms with Gasteiger partial charge >= 0.3 is 0 Å². The van der Waals surface area contributed by atoms with Gasteiger partial charge in [-0.25, -0.2) is 0 Å². The first kappa shape index (κ1) is 9.77. The van der Waals surface area contributed by atoms with Gasteiger partial charge in [0.05, 0.1) is 5.52 Å². The SMILES string of the molecule is CCn1c(=O)cc(O)c2cccc(C)c21. The summed E-state index contributed by atoms with van der Waals surface area (Å²) in [5, 5.41) is 10.4. The van der Waals surface area contributed by atoms with Crippen LogP contribution in [0.15, 0.2) is 29.1 Å². The van der Waals surface area contributed by atoms with Crippen LogP contribution >= 0.6 is 0 Å². The Morgan fingerprint density at radius 1 is 1.40 bits per heavy atom. The van der Waals surface area contributed by atoms with Crippen molar-refractivity contribution in [1.82, 2.24) is 4.57 Å². The van der Waals surface area contributed by atoms with Gasteiger partial charge < -0.3 is 9.67 Å². The second-order valence-corrected chi connectivity index (χ2v) is 3.58. The van der Waals surface area contributed by atoms with E-state index in [1.807, 2.05) is 32.0 Å². The monoisotopic (exact) mass is 203 g/mol. The van der Waals surface area contributed by atoms with Crippen molar-refractivity contribution in [3.05, 3.63) is 40.2 Å². The number of rotatable bonds is 1. The predicted octanol–water partition coefficient (Wildman–Crippen LogP) is 2.04. The van der Waals surface area contributed by atoms with Gasteiger partial charge in [0.1, 0.15) is 5.75 Å². The fraction of sp³-hybridized carbons (Fsp3) is 0.250. The second-order valence-electron chi connectivity index (χ2n) is 3.58. The van der Waals surface area contributed by atoms with E-state index in [-0.39, 0.29) is 11.3 Å². The van der Waals surface area contributed by atoms with Crippen LogP contribution in [0.3, 0.4) is 0 Å². The molecule has 3 nitrogen and oxygen atoms in total. The molecule has 1 heterocycles. The standard InChI is InChI=1S/C12H13NO2/c1-3-13-11(15)7-10(14)9-6-4-5-8(2)12(9)13/h4-7,14H,3H2,1-2H3. The van der Waals surface area contributed by atoms with E-state index in [2.05, 4.69) is 0 Å². The minimum absolute atomic E-state index is 0.0587. The zero-order valence-electron chi connectivity index (χ0n) is 8.82. The molecule has 0 aliphatic rings. The molecule has 0 radical (unpaired) electrons. The van der Waals surface area contributed by atoms with Gasteiger partial charge in [0.25, 0.3) is 5.56 Å². The van der Waals surface area contributed by atoms with Crippen LogP contribution in [0.2, 0.25) is 0 Å². The Hall–Kier alpha value is -1.77. The van der Waals surface area contributed by atoms with E-state index >= 15 is 0 Å². The van der Waals surface area contributed by atoms with E-state index in [0.29, 0.717) is 6.54 Å². The lowest BCUT2D eigenvalue weighted by Crippen LogP contribution is -2.18. The average molecular weight is 203 g/mol. The molecule has 0 aliphatic heterocycles. The summed E-state index contributed by atoms with van der Waals surface area (Å²) in [6, 6.07) is 6.91. The number of pyridine rings is 1. The van der Waals surface area contributed by atoms with Crippen molar-refractivity contribution in [2.24, 2.45) is 0 Å². The first-order valence-corrected chi connectivity index (χ1v) is 4.97. The molecule has 0 bridgehead atoms. The van der Waals surface area contributed by atoms with Crippen LogP contribution in [0.5, 0.6) is 5.75 Å². The van der Waals surface area contributed by atoms with Gasteiger partial charge in [0.15, 0.2) is 0 Å². The molecule has 0 spiro atoms. The number of hydrogen-bond donors (Lipinski definition) is 1. The third-order valence-electron chi connectivity index (χ3n) is 2.63. The molecule has 15 heavy (non-hydrogen) atoms. The van der Waals surface area contributed by atoms with Crippen molar-refractivity contribution in [2.75, 3.05) is 0 Å². The number of aromatic nitrogens is 1. The summed E-state index contributed by atoms with van der Waals surface area (Å²) in [6.45, 7) is 4.47. The highest BCUT2D eigenvalue weighted by molar-refractivity contribution is 5.87. The van der Waals surface area contributed by atoms with Crippen LogP contribution in [0.4, 0.5) is 0 Å². The van der Waals surface area contributed by atoms with Crippen molar-refractivity contribution in [1.29, 1.82) is 0 Å². The Balaban J connectivity index is 3.05. The molecule has 1 aromatic heterocycles. The van der Waals surface area contributed by atoms with E-state index in [9.17, 15) is 9.90 Å². The molecule has 0 saturated carbocycles. The maximum Gasteiger partial charge on any atom is 0.254 e. The van der Waals surface area contributed by atoms with E-state index < -0.39 is 0 Å². The highest BCUT2D eigenvalue weighted by atomic mass is 16.3. The third-order valence-corrected chi connectivity index (χ3v) is 2.63. The van der Waals surface area contributed by atoms with E-state index in [0.717, 1.165) is 16.5 Å². The van der Waals surface area contributed by atoms with Gasteiger partial charge in [-0.2, -0.15) is 0 Å². The molecule has 3 heteroatoms. The molecule has 78 valence electrons. The molecule has 0 saturated heterocycles. The maximum absolute atomic E-state index is 11.6. The maximum atomic E-state index is 11.6. The summed E-state index contributed by atoms with van der Waals surface area (Å²) in [7, 11) is 0. The van der Waals surface area contributed by atoms with Crippen LogP contribution < -0.4 is 5.56 Å². The summed E-state index contributed by atoms with van der Waals surface area (Å²) < 4.78 is 1.67. The summed E-state index contributed by atoms with van der Waals surface area (Å²) in [5.41, 5.74) is 1.67. The lowest BCUT2D eigenvalue weighted by atomic mass is 10.1. The second kappa shape index (κ2) is 3.42. The number of fused-ring (bicyclic) bond motifs is 1. The minimum Gasteiger partial charge on any atom is -0.507 e. The molecule has 0 aliphatic carbocycles. The van der Waals surface area contributed by atoms with Crippen LogP contribution in [-0.4, -0.2) is 9.67 Å². The number of benzene rings is 1. The van der Waals surface area contributed by atoms with Crippen molar-refractivity contribution in [2.45, 2.75) is 20.4 Å². The Kier molecular flexibility index (Phi) is 2.23. The van der Waals surface area contributed by atoms with Gasteiger partial charge in [0, 0.05) is 18.0 Å².